The highest BCUT2D eigenvalue weighted by molar-refractivity contribution is 5.72. The molecule has 3 nitrogen and oxygen atoms in total. The van der Waals surface area contributed by atoms with Crippen LogP contribution in [0, 0.1) is 0 Å². The van der Waals surface area contributed by atoms with E-state index in [2.05, 4.69) is 15.4 Å². The highest BCUT2D eigenvalue weighted by Gasteiger charge is 1.90. The van der Waals surface area contributed by atoms with Crippen LogP contribution in [0.5, 0.6) is 0 Å². The Balaban J connectivity index is 0.000000500. The second-order valence-corrected chi connectivity index (χ2v) is 1.83. The van der Waals surface area contributed by atoms with Gasteiger partial charge >= 0.3 is 0 Å². The molecule has 0 saturated heterocycles. The van der Waals surface area contributed by atoms with Crippen molar-refractivity contribution in [2.45, 2.75) is 0 Å². The van der Waals surface area contributed by atoms with E-state index in [1.807, 2.05) is 24.3 Å². The monoisotopic (exact) mass is 139 g/mol. The van der Waals surface area contributed by atoms with Crippen LogP contribution >= 0.6 is 0 Å². The Kier molecular flexibility index (Phi) is 1.62. The summed E-state index contributed by atoms with van der Waals surface area (Å²) in [7, 11) is 0. The zero-order valence-electron chi connectivity index (χ0n) is 5.11. The molecule has 0 amide bonds. The summed E-state index contributed by atoms with van der Waals surface area (Å²) >= 11 is 0. The maximum absolute atomic E-state index is 3.81. The summed E-state index contributed by atoms with van der Waals surface area (Å²) in [4.78, 5) is 0. The summed E-state index contributed by atoms with van der Waals surface area (Å²) < 4.78 is 0. The van der Waals surface area contributed by atoms with Gasteiger partial charge in [0.15, 0.2) is 0 Å². The molecule has 2 aromatic rings. The fraction of sp³-hybridized carbons (Fsp3) is 0. The van der Waals surface area contributed by atoms with E-state index in [-0.39, 0.29) is 4.70 Å². The molecule has 2 rings (SSSR count). The zero-order chi connectivity index (χ0) is 6.10. The third-order valence-corrected chi connectivity index (χ3v) is 1.23. The Morgan fingerprint density at radius 3 is 2.80 bits per heavy atom. The van der Waals surface area contributed by atoms with Gasteiger partial charge in [-0.3, -0.25) is 9.80 Å². The van der Waals surface area contributed by atoms with Crippen LogP contribution in [0.4, 0.5) is 4.70 Å². The summed E-state index contributed by atoms with van der Waals surface area (Å²) in [6.07, 6.45) is 0. The normalized spacial score (nSPS) is 9.20. The summed E-state index contributed by atoms with van der Waals surface area (Å²) in [5, 5.41) is 10.2. The maximum Gasteiger partial charge on any atom is 0.112 e. The van der Waals surface area contributed by atoms with Crippen LogP contribution in [0.15, 0.2) is 24.3 Å². The van der Waals surface area contributed by atoms with Gasteiger partial charge in [0.1, 0.15) is 5.52 Å². The predicted molar refractivity (Wildman–Crippen MR) is 36.4 cm³/mol. The lowest BCUT2D eigenvalue weighted by Crippen LogP contribution is -1.63. The van der Waals surface area contributed by atoms with Gasteiger partial charge in [-0.2, -0.15) is 0 Å². The molecule has 52 valence electrons. The molecule has 1 aromatic heterocycles. The lowest BCUT2D eigenvalue weighted by atomic mass is 10.3. The molecule has 1 N–H and O–H groups in total. The smallest absolute Gasteiger partial charge is 0.112 e. The molecule has 0 unspecified atom stereocenters. The summed E-state index contributed by atoms with van der Waals surface area (Å²) in [5.41, 5.74) is 1.90. The van der Waals surface area contributed by atoms with Crippen molar-refractivity contribution >= 4 is 11.0 Å². The standard InChI is InChI=1S/C6H5N3.FH/c1-2-4-6-5(3-1)7-9-8-6;/h1-4H,(H,7,8,9);1H. The van der Waals surface area contributed by atoms with Gasteiger partial charge in [-0.25, -0.2) is 0 Å². The number of aromatic nitrogens is 3. The van der Waals surface area contributed by atoms with Crippen LogP contribution in [0.3, 0.4) is 0 Å². The van der Waals surface area contributed by atoms with Crippen LogP contribution in [-0.2, 0) is 0 Å². The van der Waals surface area contributed by atoms with Gasteiger partial charge < -0.3 is 0 Å². The third-order valence-electron chi connectivity index (χ3n) is 1.23. The highest BCUT2D eigenvalue weighted by Crippen LogP contribution is 2.03. The van der Waals surface area contributed by atoms with Crippen molar-refractivity contribution in [3.8, 4) is 0 Å². The molecule has 4 heteroatoms. The number of hydrogen-bond donors (Lipinski definition) is 1. The number of nitrogens with zero attached hydrogens (tertiary/aromatic N) is 2. The van der Waals surface area contributed by atoms with Crippen LogP contribution in [0.1, 0.15) is 0 Å². The van der Waals surface area contributed by atoms with E-state index in [1.54, 1.807) is 0 Å². The minimum Gasteiger partial charge on any atom is -0.269 e. The van der Waals surface area contributed by atoms with E-state index in [9.17, 15) is 0 Å². The van der Waals surface area contributed by atoms with Crippen molar-refractivity contribution in [1.29, 1.82) is 0 Å². The largest absolute Gasteiger partial charge is 0.269 e. The fourth-order valence-electron chi connectivity index (χ4n) is 0.788. The topological polar surface area (TPSA) is 41.6 Å². The van der Waals surface area contributed by atoms with Crippen molar-refractivity contribution in [3.63, 3.8) is 0 Å². The number of para-hydroxylation sites is 1. The molecule has 0 spiro atoms. The lowest BCUT2D eigenvalue weighted by molar-refractivity contribution is 0.959. The molecule has 1 heterocycles. The summed E-state index contributed by atoms with van der Waals surface area (Å²) in [6, 6.07) is 7.74. The van der Waals surface area contributed by atoms with Crippen LogP contribution < -0.4 is 0 Å². The Hall–Kier alpha value is -1.45. The van der Waals surface area contributed by atoms with Crippen molar-refractivity contribution in [2.75, 3.05) is 0 Å². The zero-order valence-corrected chi connectivity index (χ0v) is 5.11. The van der Waals surface area contributed by atoms with Gasteiger partial charge in [0.2, 0.25) is 0 Å². The molecule has 0 aliphatic heterocycles. The average molecular weight is 139 g/mol. The number of hydrogen-bond acceptors (Lipinski definition) is 2. The van der Waals surface area contributed by atoms with Crippen molar-refractivity contribution in [1.82, 2.24) is 15.4 Å². The number of H-pyrrole nitrogens is 1. The number of rotatable bonds is 0. The van der Waals surface area contributed by atoms with Crippen molar-refractivity contribution in [2.24, 2.45) is 0 Å². The molecule has 0 radical (unpaired) electrons. The van der Waals surface area contributed by atoms with E-state index in [0.717, 1.165) is 11.0 Å². The Morgan fingerprint density at radius 2 is 2.00 bits per heavy atom. The van der Waals surface area contributed by atoms with Crippen LogP contribution in [0.25, 0.3) is 11.0 Å². The molecule has 0 fully saturated rings. The summed E-state index contributed by atoms with van der Waals surface area (Å²) in [5.74, 6) is 0. The highest BCUT2D eigenvalue weighted by atomic mass is 19.0. The van der Waals surface area contributed by atoms with Gasteiger partial charge in [0.25, 0.3) is 0 Å². The first kappa shape index (κ1) is 6.67. The molecular formula is C6H6FN3. The summed E-state index contributed by atoms with van der Waals surface area (Å²) in [6.45, 7) is 0. The van der Waals surface area contributed by atoms with E-state index in [4.69, 9.17) is 0 Å². The quantitative estimate of drug-likeness (QED) is 0.594. The fourth-order valence-corrected chi connectivity index (χ4v) is 0.788. The van der Waals surface area contributed by atoms with Gasteiger partial charge in [0, 0.05) is 0 Å². The second kappa shape index (κ2) is 2.43. The molecule has 0 bridgehead atoms. The Labute approximate surface area is 56.4 Å². The van der Waals surface area contributed by atoms with E-state index < -0.39 is 0 Å². The molecule has 0 aliphatic carbocycles. The third kappa shape index (κ3) is 0.834. The van der Waals surface area contributed by atoms with Gasteiger partial charge in [-0.05, 0) is 12.1 Å². The predicted octanol–water partition coefficient (Wildman–Crippen LogP) is 1.11. The molecule has 0 saturated carbocycles. The SMILES string of the molecule is F.c1ccc2[nH]nnc2c1. The number of aromatic amines is 1. The maximum atomic E-state index is 3.81. The molecule has 0 atom stereocenters. The molecule has 1 aromatic carbocycles. The minimum atomic E-state index is 0. The second-order valence-electron chi connectivity index (χ2n) is 1.83. The Bertz CT molecular complexity index is 287. The van der Waals surface area contributed by atoms with Crippen LogP contribution in [-0.4, -0.2) is 15.4 Å². The molecule has 0 aliphatic rings. The average Bonchev–Trinajstić information content (AvgIpc) is 2.33. The van der Waals surface area contributed by atoms with Crippen molar-refractivity contribution in [3.05, 3.63) is 24.3 Å². The number of benzene rings is 1. The number of fused-ring (bicyclic) bond motifs is 1. The van der Waals surface area contributed by atoms with Crippen LogP contribution in [0.2, 0.25) is 0 Å². The number of halogens is 1. The van der Waals surface area contributed by atoms with Gasteiger partial charge in [-0.15, -0.1) is 5.10 Å². The van der Waals surface area contributed by atoms with Gasteiger partial charge in [-0.1, -0.05) is 17.3 Å². The first-order chi connectivity index (χ1) is 4.47. The first-order valence-electron chi connectivity index (χ1n) is 2.72. The van der Waals surface area contributed by atoms with E-state index in [0.29, 0.717) is 0 Å². The molecule has 10 heavy (non-hydrogen) atoms. The molecular weight excluding hydrogens is 133 g/mol. The lowest BCUT2D eigenvalue weighted by Gasteiger charge is -1.79. The van der Waals surface area contributed by atoms with E-state index >= 15 is 0 Å². The van der Waals surface area contributed by atoms with Crippen molar-refractivity contribution < 1.29 is 4.70 Å². The minimum absolute atomic E-state index is 0. The number of nitrogens with one attached hydrogen (secondary N) is 1. The van der Waals surface area contributed by atoms with E-state index in [1.165, 1.54) is 0 Å². The van der Waals surface area contributed by atoms with Gasteiger partial charge in [0.05, 0.1) is 5.52 Å². The Morgan fingerprint density at radius 1 is 1.20 bits per heavy atom. The first-order valence-corrected chi connectivity index (χ1v) is 2.72.